The molecule has 2 heterocycles. The number of aryl methyl sites for hydroxylation is 2. The molecule has 1 aliphatic carbocycles. The molecule has 7 heteroatoms. The predicted octanol–water partition coefficient (Wildman–Crippen LogP) is 2.48. The van der Waals surface area contributed by atoms with Crippen LogP contribution in [-0.4, -0.2) is 28.7 Å². The summed E-state index contributed by atoms with van der Waals surface area (Å²) in [6.07, 6.45) is 4.28. The Labute approximate surface area is 144 Å². The quantitative estimate of drug-likeness (QED) is 0.859. The van der Waals surface area contributed by atoms with Gasteiger partial charge in [-0.1, -0.05) is 13.8 Å². The molecule has 0 fully saturated rings. The van der Waals surface area contributed by atoms with E-state index in [-0.39, 0.29) is 17.4 Å². The Morgan fingerprint density at radius 1 is 1.33 bits per heavy atom. The van der Waals surface area contributed by atoms with Crippen LogP contribution in [0.5, 0.6) is 0 Å². The Morgan fingerprint density at radius 2 is 2.04 bits per heavy atom. The van der Waals surface area contributed by atoms with Gasteiger partial charge in [0.1, 0.15) is 10.9 Å². The lowest BCUT2D eigenvalue weighted by atomic mass is 9.97. The second kappa shape index (κ2) is 6.55. The van der Waals surface area contributed by atoms with Gasteiger partial charge in [-0.25, -0.2) is 9.78 Å². The Kier molecular flexibility index (Phi) is 4.62. The third-order valence-electron chi connectivity index (χ3n) is 4.60. The summed E-state index contributed by atoms with van der Waals surface area (Å²) in [4.78, 5) is 31.5. The molecule has 1 atom stereocenters. The van der Waals surface area contributed by atoms with Gasteiger partial charge in [-0.2, -0.15) is 0 Å². The summed E-state index contributed by atoms with van der Waals surface area (Å²) in [5.74, 6) is 0.0709. The number of hydrogen-bond donors (Lipinski definition) is 1. The number of methoxy groups -OCH3 is 1. The Morgan fingerprint density at radius 3 is 2.71 bits per heavy atom. The van der Waals surface area contributed by atoms with Crippen LogP contribution in [0.15, 0.2) is 4.79 Å². The summed E-state index contributed by atoms with van der Waals surface area (Å²) in [5, 5.41) is 3.85. The van der Waals surface area contributed by atoms with Gasteiger partial charge in [0.2, 0.25) is 5.95 Å². The van der Waals surface area contributed by atoms with Crippen LogP contribution in [-0.2, 0) is 29.4 Å². The molecule has 0 bridgehead atoms. The van der Waals surface area contributed by atoms with Crippen molar-refractivity contribution < 1.29 is 9.53 Å². The van der Waals surface area contributed by atoms with Crippen LogP contribution in [0.3, 0.4) is 0 Å². The second-order valence-corrected chi connectivity index (χ2v) is 7.66. The molecule has 2 aromatic heterocycles. The first-order valence-corrected chi connectivity index (χ1v) is 9.11. The van der Waals surface area contributed by atoms with E-state index < -0.39 is 6.04 Å². The van der Waals surface area contributed by atoms with E-state index in [0.717, 1.165) is 29.5 Å². The highest BCUT2D eigenvalue weighted by atomic mass is 32.1. The standard InChI is InChI=1S/C17H23N3O3S/c1-9(2)13(16(22)23-4)18-17-19-14-12(15(21)20(17)3)10-7-5-6-8-11(10)24-14/h9,13H,5-8H2,1-4H3,(H,18,19). The van der Waals surface area contributed by atoms with Gasteiger partial charge in [-0.15, -0.1) is 11.3 Å². The van der Waals surface area contributed by atoms with Gasteiger partial charge < -0.3 is 10.1 Å². The lowest BCUT2D eigenvalue weighted by molar-refractivity contribution is -0.142. The fourth-order valence-electron chi connectivity index (χ4n) is 3.18. The number of nitrogens with zero attached hydrogens (tertiary/aromatic N) is 2. The molecule has 0 radical (unpaired) electrons. The van der Waals surface area contributed by atoms with Crippen LogP contribution in [0.4, 0.5) is 5.95 Å². The predicted molar refractivity (Wildman–Crippen MR) is 95.8 cm³/mol. The van der Waals surface area contributed by atoms with Crippen molar-refractivity contribution >= 4 is 33.5 Å². The first kappa shape index (κ1) is 17.0. The molecule has 0 spiro atoms. The van der Waals surface area contributed by atoms with Crippen molar-refractivity contribution in [1.82, 2.24) is 9.55 Å². The SMILES string of the molecule is COC(=O)C(Nc1nc2sc3c(c2c(=O)n1C)CCCC3)C(C)C. The van der Waals surface area contributed by atoms with Gasteiger partial charge in [0.25, 0.3) is 5.56 Å². The lowest BCUT2D eigenvalue weighted by Crippen LogP contribution is -2.38. The lowest BCUT2D eigenvalue weighted by Gasteiger charge is -2.21. The van der Waals surface area contributed by atoms with E-state index >= 15 is 0 Å². The van der Waals surface area contributed by atoms with E-state index in [0.29, 0.717) is 5.95 Å². The van der Waals surface area contributed by atoms with Crippen LogP contribution in [0.1, 0.15) is 37.1 Å². The molecular formula is C17H23N3O3S. The van der Waals surface area contributed by atoms with Crippen molar-refractivity contribution in [2.24, 2.45) is 13.0 Å². The third kappa shape index (κ3) is 2.81. The highest BCUT2D eigenvalue weighted by Gasteiger charge is 2.26. The molecule has 1 N–H and O–H groups in total. The largest absolute Gasteiger partial charge is 0.467 e. The summed E-state index contributed by atoms with van der Waals surface area (Å²) in [5.41, 5.74) is 1.13. The van der Waals surface area contributed by atoms with E-state index in [1.807, 2.05) is 13.8 Å². The maximum absolute atomic E-state index is 12.8. The molecule has 24 heavy (non-hydrogen) atoms. The van der Waals surface area contributed by atoms with Crippen LogP contribution in [0, 0.1) is 5.92 Å². The van der Waals surface area contributed by atoms with Gasteiger partial charge in [0.15, 0.2) is 0 Å². The zero-order valence-electron chi connectivity index (χ0n) is 14.5. The molecule has 3 rings (SSSR count). The first-order chi connectivity index (χ1) is 11.4. The minimum atomic E-state index is -0.542. The molecule has 1 aliphatic rings. The molecule has 0 amide bonds. The normalized spacial score (nSPS) is 15.4. The molecule has 130 valence electrons. The summed E-state index contributed by atoms with van der Waals surface area (Å²) in [6, 6.07) is -0.542. The Balaban J connectivity index is 2.08. The Hall–Kier alpha value is -1.89. The van der Waals surface area contributed by atoms with Gasteiger partial charge in [0, 0.05) is 11.9 Å². The maximum Gasteiger partial charge on any atom is 0.328 e. The number of aromatic nitrogens is 2. The number of hydrogen-bond acceptors (Lipinski definition) is 6. The zero-order valence-corrected chi connectivity index (χ0v) is 15.3. The smallest absolute Gasteiger partial charge is 0.328 e. The highest BCUT2D eigenvalue weighted by Crippen LogP contribution is 2.34. The molecule has 6 nitrogen and oxygen atoms in total. The first-order valence-electron chi connectivity index (χ1n) is 8.29. The summed E-state index contributed by atoms with van der Waals surface area (Å²) >= 11 is 1.61. The number of anilines is 1. The minimum Gasteiger partial charge on any atom is -0.467 e. The maximum atomic E-state index is 12.8. The summed E-state index contributed by atoms with van der Waals surface area (Å²) in [7, 11) is 3.06. The zero-order chi connectivity index (χ0) is 17.4. The van der Waals surface area contributed by atoms with Gasteiger partial charge >= 0.3 is 5.97 Å². The minimum absolute atomic E-state index is 0.0154. The van der Waals surface area contributed by atoms with Crippen molar-refractivity contribution in [1.29, 1.82) is 0 Å². The van der Waals surface area contributed by atoms with Crippen LogP contribution in [0.2, 0.25) is 0 Å². The van der Waals surface area contributed by atoms with Crippen molar-refractivity contribution in [3.63, 3.8) is 0 Å². The van der Waals surface area contributed by atoms with Crippen LogP contribution < -0.4 is 10.9 Å². The summed E-state index contributed by atoms with van der Waals surface area (Å²) < 4.78 is 6.36. The highest BCUT2D eigenvalue weighted by molar-refractivity contribution is 7.18. The molecule has 0 saturated heterocycles. The second-order valence-electron chi connectivity index (χ2n) is 6.58. The summed E-state index contributed by atoms with van der Waals surface area (Å²) in [6.45, 7) is 3.85. The number of carbonyl (C=O) groups is 1. The molecule has 0 aromatic carbocycles. The fourth-order valence-corrected chi connectivity index (χ4v) is 4.43. The number of esters is 1. The van der Waals surface area contributed by atoms with E-state index in [1.165, 1.54) is 28.5 Å². The number of rotatable bonds is 4. The van der Waals surface area contributed by atoms with Gasteiger partial charge in [-0.3, -0.25) is 9.36 Å². The number of thiophene rings is 1. The van der Waals surface area contributed by atoms with Gasteiger partial charge in [-0.05, 0) is 37.2 Å². The van der Waals surface area contributed by atoms with Crippen molar-refractivity contribution in [2.45, 2.75) is 45.6 Å². The molecule has 0 saturated carbocycles. The number of carbonyl (C=O) groups excluding carboxylic acids is 1. The Bertz CT molecular complexity index is 838. The molecule has 0 aliphatic heterocycles. The number of fused-ring (bicyclic) bond motifs is 3. The number of ether oxygens (including phenoxy) is 1. The van der Waals surface area contributed by atoms with Crippen LogP contribution in [0.25, 0.3) is 10.2 Å². The van der Waals surface area contributed by atoms with Crippen LogP contribution >= 0.6 is 11.3 Å². The average Bonchev–Trinajstić information content (AvgIpc) is 2.94. The molecular weight excluding hydrogens is 326 g/mol. The molecule has 1 unspecified atom stereocenters. The number of nitrogens with one attached hydrogen (secondary N) is 1. The van der Waals surface area contributed by atoms with Crippen molar-refractivity contribution in [3.05, 3.63) is 20.8 Å². The fraction of sp³-hybridized carbons (Fsp3) is 0.588. The average molecular weight is 349 g/mol. The monoisotopic (exact) mass is 349 g/mol. The van der Waals surface area contributed by atoms with Gasteiger partial charge in [0.05, 0.1) is 12.5 Å². The molecule has 2 aromatic rings. The van der Waals surface area contributed by atoms with Crippen molar-refractivity contribution in [3.8, 4) is 0 Å². The topological polar surface area (TPSA) is 73.2 Å². The van der Waals surface area contributed by atoms with E-state index in [4.69, 9.17) is 4.74 Å². The van der Waals surface area contributed by atoms with E-state index in [9.17, 15) is 9.59 Å². The van der Waals surface area contributed by atoms with E-state index in [1.54, 1.807) is 18.4 Å². The van der Waals surface area contributed by atoms with Crippen molar-refractivity contribution in [2.75, 3.05) is 12.4 Å². The van der Waals surface area contributed by atoms with E-state index in [2.05, 4.69) is 10.3 Å². The third-order valence-corrected chi connectivity index (χ3v) is 5.79.